The van der Waals surface area contributed by atoms with Gasteiger partial charge in [0.1, 0.15) is 0 Å². The fraction of sp³-hybridized carbons (Fsp3) is 0.333. The molecule has 0 saturated heterocycles. The van der Waals surface area contributed by atoms with Gasteiger partial charge in [0.25, 0.3) is 0 Å². The van der Waals surface area contributed by atoms with E-state index >= 15 is 0 Å². The van der Waals surface area contributed by atoms with Gasteiger partial charge in [0.15, 0.2) is 12.3 Å². The normalized spacial score (nSPS) is 11.3. The predicted molar refractivity (Wildman–Crippen MR) is 125 cm³/mol. The highest BCUT2D eigenvalue weighted by atomic mass is 32.1. The van der Waals surface area contributed by atoms with Crippen LogP contribution in [-0.2, 0) is 24.8 Å². The average Bonchev–Trinajstić information content (AvgIpc) is 3.44. The largest absolute Gasteiger partial charge is 0.454 e. The lowest BCUT2D eigenvalue weighted by atomic mass is 10.1. The Bertz CT molecular complexity index is 1320. The SMILES string of the molecule is Cc1cc(C(=O)OCC(=O)c2cc(C)n(CCc3cccs3)c2C)c2c(C)nn(C)c2n1. The predicted octanol–water partition coefficient (Wildman–Crippen LogP) is 4.35. The summed E-state index contributed by atoms with van der Waals surface area (Å²) in [5.41, 5.74) is 4.89. The third-order valence-electron chi connectivity index (χ3n) is 5.69. The summed E-state index contributed by atoms with van der Waals surface area (Å²) in [6.45, 7) is 8.06. The van der Waals surface area contributed by atoms with Gasteiger partial charge in [-0.3, -0.25) is 9.48 Å². The summed E-state index contributed by atoms with van der Waals surface area (Å²) in [4.78, 5) is 31.5. The average molecular weight is 451 g/mol. The molecule has 0 spiro atoms. The molecule has 0 bridgehead atoms. The van der Waals surface area contributed by atoms with E-state index in [4.69, 9.17) is 4.74 Å². The van der Waals surface area contributed by atoms with Crippen LogP contribution in [0.1, 0.15) is 48.4 Å². The number of aryl methyl sites for hydroxylation is 5. The standard InChI is InChI=1S/C24H26N4O3S/c1-14-11-20(22-16(3)26-27(5)23(22)25-14)24(30)31-13-21(29)19-12-15(2)28(17(19)4)9-8-18-7-6-10-32-18/h6-7,10-12H,8-9,13H2,1-5H3. The Balaban J connectivity index is 1.49. The lowest BCUT2D eigenvalue weighted by molar-refractivity contribution is 0.0476. The first-order chi connectivity index (χ1) is 15.3. The van der Waals surface area contributed by atoms with Gasteiger partial charge in [-0.05, 0) is 57.7 Å². The Morgan fingerprint density at radius 3 is 2.62 bits per heavy atom. The second-order valence-electron chi connectivity index (χ2n) is 7.98. The third-order valence-corrected chi connectivity index (χ3v) is 6.62. The van der Waals surface area contributed by atoms with Crippen molar-refractivity contribution in [3.8, 4) is 0 Å². The van der Waals surface area contributed by atoms with Gasteiger partial charge in [-0.1, -0.05) is 6.07 Å². The van der Waals surface area contributed by atoms with Crippen molar-refractivity contribution < 1.29 is 14.3 Å². The van der Waals surface area contributed by atoms with Gasteiger partial charge in [-0.15, -0.1) is 11.3 Å². The van der Waals surface area contributed by atoms with Crippen LogP contribution in [0.2, 0.25) is 0 Å². The molecule has 0 atom stereocenters. The van der Waals surface area contributed by atoms with Crippen LogP contribution in [0.5, 0.6) is 0 Å². The monoisotopic (exact) mass is 450 g/mol. The Morgan fingerprint density at radius 2 is 1.91 bits per heavy atom. The minimum atomic E-state index is -0.545. The van der Waals surface area contributed by atoms with Gasteiger partial charge < -0.3 is 9.30 Å². The molecule has 7 nitrogen and oxygen atoms in total. The highest BCUT2D eigenvalue weighted by Gasteiger charge is 2.21. The first kappa shape index (κ1) is 22.0. The second-order valence-corrected chi connectivity index (χ2v) is 9.02. The highest BCUT2D eigenvalue weighted by molar-refractivity contribution is 7.09. The first-order valence-corrected chi connectivity index (χ1v) is 11.3. The molecule has 4 aromatic rings. The maximum Gasteiger partial charge on any atom is 0.339 e. The number of ether oxygens (including phenoxy) is 1. The van der Waals surface area contributed by atoms with Crippen molar-refractivity contribution in [1.82, 2.24) is 19.3 Å². The number of nitrogens with zero attached hydrogens (tertiary/aromatic N) is 4. The van der Waals surface area contributed by atoms with Crippen LogP contribution in [0.25, 0.3) is 11.0 Å². The molecule has 0 aromatic carbocycles. The molecule has 4 aromatic heterocycles. The van der Waals surface area contributed by atoms with Crippen molar-refractivity contribution in [2.45, 2.75) is 40.7 Å². The van der Waals surface area contributed by atoms with E-state index in [1.165, 1.54) is 4.88 Å². The lowest BCUT2D eigenvalue weighted by Crippen LogP contribution is -2.16. The number of pyridine rings is 1. The summed E-state index contributed by atoms with van der Waals surface area (Å²) in [5.74, 6) is -0.754. The fourth-order valence-electron chi connectivity index (χ4n) is 4.12. The van der Waals surface area contributed by atoms with Gasteiger partial charge in [-0.2, -0.15) is 5.10 Å². The Hall–Kier alpha value is -3.26. The summed E-state index contributed by atoms with van der Waals surface area (Å²) in [5, 5.41) is 7.08. The molecule has 8 heteroatoms. The van der Waals surface area contributed by atoms with Crippen molar-refractivity contribution in [3.05, 3.63) is 68.4 Å². The quantitative estimate of drug-likeness (QED) is 0.309. The molecule has 0 fully saturated rings. The molecular weight excluding hydrogens is 424 g/mol. The van der Waals surface area contributed by atoms with Crippen LogP contribution >= 0.6 is 11.3 Å². The number of hydrogen-bond donors (Lipinski definition) is 0. The van der Waals surface area contributed by atoms with Gasteiger partial charge in [0.05, 0.1) is 16.6 Å². The minimum Gasteiger partial charge on any atom is -0.454 e. The summed E-state index contributed by atoms with van der Waals surface area (Å²) < 4.78 is 9.22. The van der Waals surface area contributed by atoms with Crippen molar-refractivity contribution >= 4 is 34.1 Å². The molecular formula is C24H26N4O3S. The maximum absolute atomic E-state index is 12.9. The molecule has 0 unspecified atom stereocenters. The van der Waals surface area contributed by atoms with E-state index in [0.29, 0.717) is 33.5 Å². The van der Waals surface area contributed by atoms with Crippen LogP contribution in [0.3, 0.4) is 0 Å². The van der Waals surface area contributed by atoms with Gasteiger partial charge in [-0.25, -0.2) is 9.78 Å². The van der Waals surface area contributed by atoms with E-state index in [0.717, 1.165) is 24.4 Å². The van der Waals surface area contributed by atoms with Crippen molar-refractivity contribution in [1.29, 1.82) is 0 Å². The molecule has 0 saturated carbocycles. The van der Waals surface area contributed by atoms with Crippen molar-refractivity contribution in [2.75, 3.05) is 6.61 Å². The van der Waals surface area contributed by atoms with Crippen LogP contribution in [0.4, 0.5) is 0 Å². The highest BCUT2D eigenvalue weighted by Crippen LogP contribution is 2.23. The first-order valence-electron chi connectivity index (χ1n) is 10.5. The van der Waals surface area contributed by atoms with Crippen molar-refractivity contribution in [3.63, 3.8) is 0 Å². The Morgan fingerprint density at radius 1 is 1.12 bits per heavy atom. The summed E-state index contributed by atoms with van der Waals surface area (Å²) in [6, 6.07) is 7.72. The minimum absolute atomic E-state index is 0.209. The number of aromatic nitrogens is 4. The van der Waals surface area contributed by atoms with E-state index in [2.05, 4.69) is 26.1 Å². The zero-order valence-corrected chi connectivity index (χ0v) is 19.7. The van der Waals surface area contributed by atoms with E-state index in [1.807, 2.05) is 39.8 Å². The number of carbonyl (C=O) groups is 2. The smallest absolute Gasteiger partial charge is 0.339 e. The number of thiophene rings is 1. The Kier molecular flexibility index (Phi) is 5.97. The number of Topliss-reactive ketones (excluding diaryl/α,β-unsaturated/α-hetero) is 1. The number of ketones is 1. The molecule has 32 heavy (non-hydrogen) atoms. The fourth-order valence-corrected chi connectivity index (χ4v) is 4.82. The maximum atomic E-state index is 12.9. The Labute approximate surface area is 190 Å². The zero-order chi connectivity index (χ0) is 23.0. The third kappa shape index (κ3) is 4.10. The number of esters is 1. The molecule has 0 radical (unpaired) electrons. The van der Waals surface area contributed by atoms with E-state index in [1.54, 1.807) is 29.1 Å². The summed E-state index contributed by atoms with van der Waals surface area (Å²) in [7, 11) is 1.79. The van der Waals surface area contributed by atoms with E-state index in [9.17, 15) is 9.59 Å². The van der Waals surface area contributed by atoms with Gasteiger partial charge in [0.2, 0.25) is 5.78 Å². The second kappa shape index (κ2) is 8.70. The van der Waals surface area contributed by atoms with E-state index in [-0.39, 0.29) is 12.4 Å². The molecule has 0 aliphatic rings. The molecule has 0 amide bonds. The van der Waals surface area contributed by atoms with Gasteiger partial charge >= 0.3 is 5.97 Å². The van der Waals surface area contributed by atoms with Crippen LogP contribution in [0.15, 0.2) is 29.6 Å². The van der Waals surface area contributed by atoms with Crippen LogP contribution in [-0.4, -0.2) is 37.7 Å². The molecule has 0 aliphatic heterocycles. The summed E-state index contributed by atoms with van der Waals surface area (Å²) in [6.07, 6.45) is 0.915. The topological polar surface area (TPSA) is 79.0 Å². The van der Waals surface area contributed by atoms with Gasteiger partial charge in [0, 0.05) is 41.1 Å². The molecule has 0 aliphatic carbocycles. The number of rotatable bonds is 7. The number of carbonyl (C=O) groups excluding carboxylic acids is 2. The molecule has 0 N–H and O–H groups in total. The number of fused-ring (bicyclic) bond motifs is 1. The molecule has 4 heterocycles. The zero-order valence-electron chi connectivity index (χ0n) is 18.9. The molecule has 166 valence electrons. The number of hydrogen-bond acceptors (Lipinski definition) is 6. The van der Waals surface area contributed by atoms with E-state index < -0.39 is 5.97 Å². The molecule has 4 rings (SSSR count). The van der Waals surface area contributed by atoms with Crippen LogP contribution in [0, 0.1) is 27.7 Å². The summed E-state index contributed by atoms with van der Waals surface area (Å²) >= 11 is 1.73. The van der Waals surface area contributed by atoms with Crippen molar-refractivity contribution in [2.24, 2.45) is 7.05 Å². The lowest BCUT2D eigenvalue weighted by Gasteiger charge is -2.09. The van der Waals surface area contributed by atoms with Crippen LogP contribution < -0.4 is 0 Å².